The molecule has 0 amide bonds. The molecule has 0 aromatic heterocycles. The standard InChI is InChI=1S/C15H23NO/c1-3-12-6-4-5-7-15(12)16-13-8-10-14(17-2)11-9-13/h8-12,15-16H,3-7H2,1-2H3. The van der Waals surface area contributed by atoms with E-state index in [0.717, 1.165) is 11.7 Å². The van der Waals surface area contributed by atoms with Crippen molar-refractivity contribution >= 4 is 5.69 Å². The molecular weight excluding hydrogens is 210 g/mol. The molecule has 2 rings (SSSR count). The highest BCUT2D eigenvalue weighted by Crippen LogP contribution is 2.29. The Kier molecular flexibility index (Phi) is 4.29. The van der Waals surface area contributed by atoms with Crippen molar-refractivity contribution < 1.29 is 4.74 Å². The third-order valence-corrected chi connectivity index (χ3v) is 3.88. The number of benzene rings is 1. The monoisotopic (exact) mass is 233 g/mol. The molecule has 94 valence electrons. The van der Waals surface area contributed by atoms with E-state index in [2.05, 4.69) is 24.4 Å². The van der Waals surface area contributed by atoms with E-state index in [1.807, 2.05) is 12.1 Å². The maximum absolute atomic E-state index is 5.17. The summed E-state index contributed by atoms with van der Waals surface area (Å²) < 4.78 is 5.17. The summed E-state index contributed by atoms with van der Waals surface area (Å²) in [6, 6.07) is 8.92. The van der Waals surface area contributed by atoms with E-state index in [1.165, 1.54) is 37.8 Å². The minimum Gasteiger partial charge on any atom is -0.497 e. The average Bonchev–Trinajstić information content (AvgIpc) is 2.40. The van der Waals surface area contributed by atoms with E-state index < -0.39 is 0 Å². The molecule has 0 bridgehead atoms. The fraction of sp³-hybridized carbons (Fsp3) is 0.600. The highest BCUT2D eigenvalue weighted by molar-refractivity contribution is 5.47. The lowest BCUT2D eigenvalue weighted by atomic mass is 9.83. The third-order valence-electron chi connectivity index (χ3n) is 3.88. The summed E-state index contributed by atoms with van der Waals surface area (Å²) in [5, 5.41) is 3.68. The Labute approximate surface area is 104 Å². The van der Waals surface area contributed by atoms with Gasteiger partial charge in [0.25, 0.3) is 0 Å². The maximum atomic E-state index is 5.17. The molecule has 1 saturated carbocycles. The van der Waals surface area contributed by atoms with Crippen molar-refractivity contribution in [3.8, 4) is 5.75 Å². The summed E-state index contributed by atoms with van der Waals surface area (Å²) in [5.74, 6) is 1.76. The summed E-state index contributed by atoms with van der Waals surface area (Å²) >= 11 is 0. The molecule has 0 heterocycles. The van der Waals surface area contributed by atoms with Crippen LogP contribution in [0.4, 0.5) is 5.69 Å². The largest absolute Gasteiger partial charge is 0.497 e. The van der Waals surface area contributed by atoms with Gasteiger partial charge in [-0.3, -0.25) is 0 Å². The number of hydrogen-bond acceptors (Lipinski definition) is 2. The molecule has 17 heavy (non-hydrogen) atoms. The molecule has 2 nitrogen and oxygen atoms in total. The number of hydrogen-bond donors (Lipinski definition) is 1. The Morgan fingerprint density at radius 2 is 1.88 bits per heavy atom. The van der Waals surface area contributed by atoms with Crippen molar-refractivity contribution in [2.24, 2.45) is 5.92 Å². The van der Waals surface area contributed by atoms with Crippen LogP contribution in [0.1, 0.15) is 39.0 Å². The predicted molar refractivity (Wildman–Crippen MR) is 72.7 cm³/mol. The van der Waals surface area contributed by atoms with Crippen LogP contribution in [0.15, 0.2) is 24.3 Å². The summed E-state index contributed by atoms with van der Waals surface area (Å²) in [6.45, 7) is 2.30. The lowest BCUT2D eigenvalue weighted by molar-refractivity contribution is 0.317. The minimum absolute atomic E-state index is 0.655. The maximum Gasteiger partial charge on any atom is 0.119 e. The van der Waals surface area contributed by atoms with E-state index in [-0.39, 0.29) is 0 Å². The second kappa shape index (κ2) is 5.95. The molecule has 2 atom stereocenters. The number of nitrogens with one attached hydrogen (secondary N) is 1. The molecule has 0 saturated heterocycles. The van der Waals surface area contributed by atoms with Crippen LogP contribution in [-0.4, -0.2) is 13.2 Å². The van der Waals surface area contributed by atoms with E-state index in [0.29, 0.717) is 6.04 Å². The number of methoxy groups -OCH3 is 1. The van der Waals surface area contributed by atoms with Gasteiger partial charge in [-0.1, -0.05) is 26.2 Å². The second-order valence-electron chi connectivity index (χ2n) is 4.93. The van der Waals surface area contributed by atoms with Crippen molar-refractivity contribution in [1.29, 1.82) is 0 Å². The van der Waals surface area contributed by atoms with Gasteiger partial charge in [-0.05, 0) is 43.0 Å². The topological polar surface area (TPSA) is 21.3 Å². The third kappa shape index (κ3) is 3.15. The van der Waals surface area contributed by atoms with Gasteiger partial charge in [0, 0.05) is 11.7 Å². The van der Waals surface area contributed by atoms with Gasteiger partial charge < -0.3 is 10.1 Å². The van der Waals surface area contributed by atoms with Crippen molar-refractivity contribution in [1.82, 2.24) is 0 Å². The molecular formula is C15H23NO. The number of rotatable bonds is 4. The van der Waals surface area contributed by atoms with Gasteiger partial charge in [-0.2, -0.15) is 0 Å². The van der Waals surface area contributed by atoms with Crippen molar-refractivity contribution in [3.63, 3.8) is 0 Å². The molecule has 1 aromatic rings. The van der Waals surface area contributed by atoms with Gasteiger partial charge in [-0.25, -0.2) is 0 Å². The SMILES string of the molecule is CCC1CCCCC1Nc1ccc(OC)cc1. The van der Waals surface area contributed by atoms with Gasteiger partial charge >= 0.3 is 0 Å². The van der Waals surface area contributed by atoms with Crippen LogP contribution >= 0.6 is 0 Å². The molecule has 0 radical (unpaired) electrons. The van der Waals surface area contributed by atoms with Crippen LogP contribution in [0, 0.1) is 5.92 Å². The van der Waals surface area contributed by atoms with Crippen LogP contribution in [0.2, 0.25) is 0 Å². The van der Waals surface area contributed by atoms with Crippen LogP contribution in [-0.2, 0) is 0 Å². The van der Waals surface area contributed by atoms with Gasteiger partial charge in [0.1, 0.15) is 5.75 Å². The Morgan fingerprint density at radius 3 is 2.53 bits per heavy atom. The zero-order chi connectivity index (χ0) is 12.1. The molecule has 1 aromatic carbocycles. The van der Waals surface area contributed by atoms with E-state index in [4.69, 9.17) is 4.74 Å². The molecule has 0 spiro atoms. The lowest BCUT2D eigenvalue weighted by Gasteiger charge is -2.32. The normalized spacial score (nSPS) is 24.4. The molecule has 1 N–H and O–H groups in total. The van der Waals surface area contributed by atoms with Crippen molar-refractivity contribution in [2.45, 2.75) is 45.1 Å². The first-order chi connectivity index (χ1) is 8.33. The summed E-state index contributed by atoms with van der Waals surface area (Å²) in [6.07, 6.45) is 6.74. The molecule has 0 aliphatic heterocycles. The summed E-state index contributed by atoms with van der Waals surface area (Å²) in [5.41, 5.74) is 1.22. The Balaban J connectivity index is 1.98. The Bertz CT molecular complexity index is 333. The summed E-state index contributed by atoms with van der Waals surface area (Å²) in [4.78, 5) is 0. The zero-order valence-electron chi connectivity index (χ0n) is 10.9. The molecule has 1 aliphatic rings. The fourth-order valence-corrected chi connectivity index (χ4v) is 2.79. The molecule has 1 aliphatic carbocycles. The lowest BCUT2D eigenvalue weighted by Crippen LogP contribution is -2.31. The van der Waals surface area contributed by atoms with E-state index in [9.17, 15) is 0 Å². The summed E-state index contributed by atoms with van der Waals surface area (Å²) in [7, 11) is 1.71. The highest BCUT2D eigenvalue weighted by Gasteiger charge is 2.23. The molecule has 2 unspecified atom stereocenters. The minimum atomic E-state index is 0.655. The van der Waals surface area contributed by atoms with Crippen molar-refractivity contribution in [3.05, 3.63) is 24.3 Å². The average molecular weight is 233 g/mol. The smallest absolute Gasteiger partial charge is 0.119 e. The van der Waals surface area contributed by atoms with Crippen LogP contribution in [0.25, 0.3) is 0 Å². The first-order valence-electron chi connectivity index (χ1n) is 6.74. The van der Waals surface area contributed by atoms with Gasteiger partial charge in [0.2, 0.25) is 0 Å². The number of anilines is 1. The van der Waals surface area contributed by atoms with Crippen LogP contribution in [0.5, 0.6) is 5.75 Å². The quantitative estimate of drug-likeness (QED) is 0.846. The van der Waals surface area contributed by atoms with E-state index in [1.54, 1.807) is 7.11 Å². The fourth-order valence-electron chi connectivity index (χ4n) is 2.79. The van der Waals surface area contributed by atoms with E-state index >= 15 is 0 Å². The van der Waals surface area contributed by atoms with Gasteiger partial charge in [0.15, 0.2) is 0 Å². The van der Waals surface area contributed by atoms with Gasteiger partial charge in [-0.15, -0.1) is 0 Å². The van der Waals surface area contributed by atoms with Gasteiger partial charge in [0.05, 0.1) is 7.11 Å². The van der Waals surface area contributed by atoms with Crippen LogP contribution in [0.3, 0.4) is 0 Å². The Hall–Kier alpha value is -1.18. The predicted octanol–water partition coefficient (Wildman–Crippen LogP) is 4.08. The highest BCUT2D eigenvalue weighted by atomic mass is 16.5. The first-order valence-corrected chi connectivity index (χ1v) is 6.74. The first kappa shape index (κ1) is 12.3. The van der Waals surface area contributed by atoms with Crippen molar-refractivity contribution in [2.75, 3.05) is 12.4 Å². The second-order valence-corrected chi connectivity index (χ2v) is 4.93. The van der Waals surface area contributed by atoms with Crippen LogP contribution < -0.4 is 10.1 Å². The molecule has 2 heteroatoms. The molecule has 1 fully saturated rings. The zero-order valence-corrected chi connectivity index (χ0v) is 10.9. The number of ether oxygens (including phenoxy) is 1. The Morgan fingerprint density at radius 1 is 1.18 bits per heavy atom.